The SMILES string of the molecule is COc1cc(N(C(C)=O)C(C)CCCN2C(=O)c3ccccc3C2=O)c2ncccc2c1. The molecule has 32 heavy (non-hydrogen) atoms. The minimum Gasteiger partial charge on any atom is -0.497 e. The Morgan fingerprint density at radius 2 is 1.78 bits per heavy atom. The lowest BCUT2D eigenvalue weighted by molar-refractivity contribution is -0.117. The van der Waals surface area contributed by atoms with Crippen molar-refractivity contribution in [2.75, 3.05) is 18.6 Å². The van der Waals surface area contributed by atoms with Crippen LogP contribution in [0.3, 0.4) is 0 Å². The molecule has 3 aromatic rings. The van der Waals surface area contributed by atoms with Crippen molar-refractivity contribution in [1.82, 2.24) is 9.88 Å². The van der Waals surface area contributed by atoms with Crippen LogP contribution in [0.5, 0.6) is 5.75 Å². The lowest BCUT2D eigenvalue weighted by Gasteiger charge is -2.30. The van der Waals surface area contributed by atoms with Crippen molar-refractivity contribution in [2.45, 2.75) is 32.7 Å². The number of aromatic nitrogens is 1. The minimum absolute atomic E-state index is 0.113. The molecule has 0 saturated carbocycles. The molecule has 7 heteroatoms. The summed E-state index contributed by atoms with van der Waals surface area (Å²) in [7, 11) is 1.59. The number of hydrogen-bond acceptors (Lipinski definition) is 5. The Hall–Kier alpha value is -3.74. The number of benzene rings is 2. The van der Waals surface area contributed by atoms with Crippen LogP contribution in [-0.2, 0) is 4.79 Å². The Bertz CT molecular complexity index is 1170. The number of fused-ring (bicyclic) bond motifs is 2. The molecule has 4 rings (SSSR count). The molecule has 0 fully saturated rings. The van der Waals surface area contributed by atoms with Gasteiger partial charge in [0, 0.05) is 37.2 Å². The monoisotopic (exact) mass is 431 g/mol. The molecule has 0 spiro atoms. The Balaban J connectivity index is 1.52. The summed E-state index contributed by atoms with van der Waals surface area (Å²) in [6.07, 6.45) is 2.88. The van der Waals surface area contributed by atoms with Crippen molar-refractivity contribution in [3.05, 3.63) is 65.9 Å². The third-order valence-electron chi connectivity index (χ3n) is 5.82. The van der Waals surface area contributed by atoms with E-state index in [1.54, 1.807) is 42.5 Å². The fourth-order valence-corrected chi connectivity index (χ4v) is 4.28. The third-order valence-corrected chi connectivity index (χ3v) is 5.82. The van der Waals surface area contributed by atoms with Crippen LogP contribution in [0.2, 0.25) is 0 Å². The normalized spacial score (nSPS) is 13.9. The fourth-order valence-electron chi connectivity index (χ4n) is 4.28. The summed E-state index contributed by atoms with van der Waals surface area (Å²) >= 11 is 0. The van der Waals surface area contributed by atoms with Crippen LogP contribution in [0.4, 0.5) is 5.69 Å². The molecule has 0 N–H and O–H groups in total. The molecular weight excluding hydrogens is 406 g/mol. The highest BCUT2D eigenvalue weighted by Gasteiger charge is 2.34. The van der Waals surface area contributed by atoms with E-state index in [9.17, 15) is 14.4 Å². The molecule has 1 aliphatic rings. The molecule has 1 aliphatic heterocycles. The lowest BCUT2D eigenvalue weighted by Crippen LogP contribution is -2.38. The molecule has 164 valence electrons. The molecule has 7 nitrogen and oxygen atoms in total. The highest BCUT2D eigenvalue weighted by molar-refractivity contribution is 6.21. The van der Waals surface area contributed by atoms with Crippen molar-refractivity contribution >= 4 is 34.3 Å². The van der Waals surface area contributed by atoms with E-state index in [0.29, 0.717) is 42.0 Å². The summed E-state index contributed by atoms with van der Waals surface area (Å²) in [5.74, 6) is 0.0118. The summed E-state index contributed by atoms with van der Waals surface area (Å²) < 4.78 is 5.43. The number of amides is 3. The summed E-state index contributed by atoms with van der Waals surface area (Å²) in [6, 6.07) is 14.2. The standard InChI is InChI=1S/C25H25N3O4/c1-16(8-7-13-27-24(30)20-10-4-5-11-21(20)25(27)31)28(17(2)29)22-15-19(32-3)14-18-9-6-12-26-23(18)22/h4-6,9-12,14-16H,7-8,13H2,1-3H3. The second kappa shape index (κ2) is 8.78. The Morgan fingerprint density at radius 1 is 1.09 bits per heavy atom. The number of anilines is 1. The van der Waals surface area contributed by atoms with E-state index in [1.165, 1.54) is 11.8 Å². The van der Waals surface area contributed by atoms with E-state index in [-0.39, 0.29) is 23.8 Å². The van der Waals surface area contributed by atoms with Gasteiger partial charge in [-0.25, -0.2) is 0 Å². The van der Waals surface area contributed by atoms with Gasteiger partial charge in [-0.2, -0.15) is 0 Å². The van der Waals surface area contributed by atoms with Gasteiger partial charge in [0.15, 0.2) is 0 Å². The summed E-state index contributed by atoms with van der Waals surface area (Å²) in [5.41, 5.74) is 2.30. The van der Waals surface area contributed by atoms with Gasteiger partial charge < -0.3 is 9.64 Å². The number of carbonyl (C=O) groups excluding carboxylic acids is 3. The van der Waals surface area contributed by atoms with Crippen molar-refractivity contribution in [3.8, 4) is 5.75 Å². The number of imide groups is 1. The zero-order chi connectivity index (χ0) is 22.8. The molecule has 2 aromatic carbocycles. The Labute approximate surface area is 186 Å². The van der Waals surface area contributed by atoms with Gasteiger partial charge in [-0.3, -0.25) is 24.3 Å². The van der Waals surface area contributed by atoms with E-state index in [2.05, 4.69) is 4.98 Å². The zero-order valence-corrected chi connectivity index (χ0v) is 18.4. The fraction of sp³-hybridized carbons (Fsp3) is 0.280. The molecule has 0 saturated heterocycles. The van der Waals surface area contributed by atoms with E-state index in [0.717, 1.165) is 10.9 Å². The summed E-state index contributed by atoms with van der Waals surface area (Å²) in [5, 5.41) is 0.881. The van der Waals surface area contributed by atoms with Crippen LogP contribution in [0.1, 0.15) is 47.4 Å². The molecule has 1 aromatic heterocycles. The lowest BCUT2D eigenvalue weighted by atomic mass is 10.1. The second-order valence-electron chi connectivity index (χ2n) is 7.91. The smallest absolute Gasteiger partial charge is 0.261 e. The van der Waals surface area contributed by atoms with E-state index in [4.69, 9.17) is 4.74 Å². The maximum absolute atomic E-state index is 12.6. The maximum Gasteiger partial charge on any atom is 0.261 e. The predicted molar refractivity (Wildman–Crippen MR) is 122 cm³/mol. The van der Waals surface area contributed by atoms with Crippen LogP contribution < -0.4 is 9.64 Å². The molecule has 1 atom stereocenters. The minimum atomic E-state index is -0.260. The first-order valence-corrected chi connectivity index (χ1v) is 10.6. The quantitative estimate of drug-likeness (QED) is 0.527. The first-order valence-electron chi connectivity index (χ1n) is 10.6. The largest absolute Gasteiger partial charge is 0.497 e. The number of pyridine rings is 1. The van der Waals surface area contributed by atoms with Gasteiger partial charge in [-0.05, 0) is 44.0 Å². The number of nitrogens with zero attached hydrogens (tertiary/aromatic N) is 3. The third kappa shape index (κ3) is 3.82. The first kappa shape index (κ1) is 21.5. The molecular formula is C25H25N3O4. The van der Waals surface area contributed by atoms with Gasteiger partial charge in [0.25, 0.3) is 11.8 Å². The summed E-state index contributed by atoms with van der Waals surface area (Å²) in [6.45, 7) is 3.78. The van der Waals surface area contributed by atoms with Crippen molar-refractivity contribution in [1.29, 1.82) is 0 Å². The Kier molecular flexibility index (Phi) is 5.90. The summed E-state index contributed by atoms with van der Waals surface area (Å²) in [4.78, 5) is 45.3. The molecule has 1 unspecified atom stereocenters. The van der Waals surface area contributed by atoms with Crippen molar-refractivity contribution in [3.63, 3.8) is 0 Å². The average Bonchev–Trinajstić information content (AvgIpc) is 3.04. The number of methoxy groups -OCH3 is 1. The topological polar surface area (TPSA) is 79.8 Å². The van der Waals surface area contributed by atoms with Crippen molar-refractivity contribution < 1.29 is 19.1 Å². The highest BCUT2D eigenvalue weighted by Crippen LogP contribution is 2.33. The molecule has 0 aliphatic carbocycles. The van der Waals surface area contributed by atoms with Crippen LogP contribution in [0.15, 0.2) is 54.7 Å². The van der Waals surface area contributed by atoms with Crippen LogP contribution in [0.25, 0.3) is 10.9 Å². The van der Waals surface area contributed by atoms with Gasteiger partial charge in [0.2, 0.25) is 5.91 Å². The molecule has 0 radical (unpaired) electrons. The molecule has 0 bridgehead atoms. The van der Waals surface area contributed by atoms with Gasteiger partial charge in [0.1, 0.15) is 5.75 Å². The number of ether oxygens (including phenoxy) is 1. The number of rotatable bonds is 7. The van der Waals surface area contributed by atoms with Gasteiger partial charge in [-0.1, -0.05) is 18.2 Å². The van der Waals surface area contributed by atoms with Gasteiger partial charge >= 0.3 is 0 Å². The van der Waals surface area contributed by atoms with Gasteiger partial charge in [-0.15, -0.1) is 0 Å². The van der Waals surface area contributed by atoms with E-state index < -0.39 is 0 Å². The van der Waals surface area contributed by atoms with E-state index >= 15 is 0 Å². The number of hydrogen-bond donors (Lipinski definition) is 0. The first-order chi connectivity index (χ1) is 15.4. The average molecular weight is 431 g/mol. The Morgan fingerprint density at radius 3 is 2.41 bits per heavy atom. The second-order valence-corrected chi connectivity index (χ2v) is 7.91. The predicted octanol–water partition coefficient (Wildman–Crippen LogP) is 4.06. The molecule has 2 heterocycles. The van der Waals surface area contributed by atoms with Crippen LogP contribution in [-0.4, -0.2) is 47.3 Å². The number of carbonyl (C=O) groups is 3. The van der Waals surface area contributed by atoms with E-state index in [1.807, 2.05) is 31.2 Å². The maximum atomic E-state index is 12.6. The molecule has 3 amide bonds. The van der Waals surface area contributed by atoms with Crippen LogP contribution in [0, 0.1) is 0 Å². The zero-order valence-electron chi connectivity index (χ0n) is 18.4. The van der Waals surface area contributed by atoms with Crippen molar-refractivity contribution in [2.24, 2.45) is 0 Å². The van der Waals surface area contributed by atoms with Gasteiger partial charge in [0.05, 0.1) is 29.4 Å². The highest BCUT2D eigenvalue weighted by atomic mass is 16.5. The van der Waals surface area contributed by atoms with Crippen LogP contribution >= 0.6 is 0 Å².